The van der Waals surface area contributed by atoms with Crippen LogP contribution in [-0.4, -0.2) is 13.1 Å². The van der Waals surface area contributed by atoms with E-state index in [4.69, 9.17) is 0 Å². The summed E-state index contributed by atoms with van der Waals surface area (Å²) >= 11 is 3.34. The summed E-state index contributed by atoms with van der Waals surface area (Å²) in [5.74, 6) is -0.337. The molecule has 2 nitrogen and oxygen atoms in total. The van der Waals surface area contributed by atoms with Crippen molar-refractivity contribution in [1.29, 1.82) is 0 Å². The molecule has 13 heavy (non-hydrogen) atoms. The van der Waals surface area contributed by atoms with E-state index in [9.17, 15) is 4.79 Å². The summed E-state index contributed by atoms with van der Waals surface area (Å²) in [6.45, 7) is 3.64. The van der Waals surface area contributed by atoms with Gasteiger partial charge in [0.15, 0.2) is 0 Å². The third-order valence-corrected chi connectivity index (χ3v) is 2.36. The first-order valence-electron chi connectivity index (χ1n) is 3.69. The van der Waals surface area contributed by atoms with E-state index in [0.29, 0.717) is 5.56 Å². The first-order chi connectivity index (χ1) is 6.19. The Morgan fingerprint density at radius 1 is 1.62 bits per heavy atom. The predicted molar refractivity (Wildman–Crippen MR) is 55.6 cm³/mol. The lowest BCUT2D eigenvalue weighted by molar-refractivity contribution is 0.0600. The maximum Gasteiger partial charge on any atom is 0.337 e. The van der Waals surface area contributed by atoms with Crippen LogP contribution in [0.4, 0.5) is 0 Å². The van der Waals surface area contributed by atoms with Gasteiger partial charge in [-0.1, -0.05) is 28.6 Å². The van der Waals surface area contributed by atoms with Crippen LogP contribution in [0.1, 0.15) is 15.9 Å². The van der Waals surface area contributed by atoms with Crippen LogP contribution in [0.3, 0.4) is 0 Å². The Kier molecular flexibility index (Phi) is 3.25. The molecule has 0 heterocycles. The topological polar surface area (TPSA) is 26.3 Å². The number of carbonyl (C=O) groups excluding carboxylic acids is 1. The first kappa shape index (κ1) is 9.99. The normalized spacial score (nSPS) is 9.38. The smallest absolute Gasteiger partial charge is 0.337 e. The van der Waals surface area contributed by atoms with Gasteiger partial charge in [-0.3, -0.25) is 0 Å². The number of halogens is 1. The third kappa shape index (κ3) is 2.18. The van der Waals surface area contributed by atoms with Crippen LogP contribution in [0.2, 0.25) is 0 Å². The van der Waals surface area contributed by atoms with Crippen LogP contribution >= 0.6 is 15.9 Å². The van der Waals surface area contributed by atoms with E-state index >= 15 is 0 Å². The van der Waals surface area contributed by atoms with Gasteiger partial charge in [0.05, 0.1) is 12.7 Å². The van der Waals surface area contributed by atoms with E-state index in [2.05, 4.69) is 27.2 Å². The predicted octanol–water partition coefficient (Wildman–Crippen LogP) is 2.88. The van der Waals surface area contributed by atoms with Crippen molar-refractivity contribution in [3.8, 4) is 0 Å². The number of rotatable bonds is 2. The summed E-state index contributed by atoms with van der Waals surface area (Å²) in [5, 5.41) is 0. The van der Waals surface area contributed by atoms with Gasteiger partial charge >= 0.3 is 5.97 Å². The van der Waals surface area contributed by atoms with Crippen LogP contribution < -0.4 is 0 Å². The molecule has 3 heteroatoms. The number of esters is 1. The Bertz CT molecular complexity index is 345. The van der Waals surface area contributed by atoms with E-state index in [1.807, 2.05) is 0 Å². The van der Waals surface area contributed by atoms with E-state index < -0.39 is 0 Å². The van der Waals surface area contributed by atoms with E-state index in [1.165, 1.54) is 7.11 Å². The van der Waals surface area contributed by atoms with Gasteiger partial charge in [0, 0.05) is 4.47 Å². The minimum Gasteiger partial charge on any atom is -0.465 e. The molecule has 1 aromatic rings. The minimum absolute atomic E-state index is 0.337. The molecule has 0 aliphatic rings. The monoisotopic (exact) mass is 240 g/mol. The fourth-order valence-electron chi connectivity index (χ4n) is 0.945. The summed E-state index contributed by atoms with van der Waals surface area (Å²) in [5.41, 5.74) is 1.41. The van der Waals surface area contributed by atoms with E-state index in [0.717, 1.165) is 10.0 Å². The van der Waals surface area contributed by atoms with Crippen molar-refractivity contribution in [2.75, 3.05) is 7.11 Å². The Labute approximate surface area is 85.3 Å². The number of ether oxygens (including phenoxy) is 1. The molecule has 0 unspecified atom stereocenters. The largest absolute Gasteiger partial charge is 0.465 e. The number of hydrogen-bond donors (Lipinski definition) is 0. The molecule has 0 saturated heterocycles. The standard InChI is InChI=1S/C10H9BrO2/c1-3-7-6-8(10(12)13-2)4-5-9(7)11/h3-6H,1H2,2H3. The third-order valence-electron chi connectivity index (χ3n) is 1.64. The van der Waals surface area contributed by atoms with Crippen LogP contribution in [0, 0.1) is 0 Å². The maximum atomic E-state index is 11.1. The number of carbonyl (C=O) groups is 1. The lowest BCUT2D eigenvalue weighted by atomic mass is 10.1. The maximum absolute atomic E-state index is 11.1. The van der Waals surface area contributed by atoms with Gasteiger partial charge in [0.25, 0.3) is 0 Å². The fraction of sp³-hybridized carbons (Fsp3) is 0.100. The van der Waals surface area contributed by atoms with Crippen molar-refractivity contribution in [3.05, 3.63) is 40.4 Å². The average Bonchev–Trinajstić information content (AvgIpc) is 2.17. The van der Waals surface area contributed by atoms with Gasteiger partial charge in [0.1, 0.15) is 0 Å². The number of methoxy groups -OCH3 is 1. The molecule has 0 aliphatic carbocycles. The van der Waals surface area contributed by atoms with Crippen molar-refractivity contribution in [1.82, 2.24) is 0 Å². The van der Waals surface area contributed by atoms with Crippen molar-refractivity contribution in [2.24, 2.45) is 0 Å². The molecule has 0 N–H and O–H groups in total. The molecule has 0 spiro atoms. The lowest BCUT2D eigenvalue weighted by Crippen LogP contribution is -2.01. The van der Waals surface area contributed by atoms with Gasteiger partial charge in [-0.25, -0.2) is 4.79 Å². The van der Waals surface area contributed by atoms with Crippen LogP contribution in [-0.2, 0) is 4.74 Å². The van der Waals surface area contributed by atoms with Crippen LogP contribution in [0.5, 0.6) is 0 Å². The van der Waals surface area contributed by atoms with Gasteiger partial charge in [0.2, 0.25) is 0 Å². The Hall–Kier alpha value is -1.09. The summed E-state index contributed by atoms with van der Waals surface area (Å²) in [7, 11) is 1.36. The molecule has 0 amide bonds. The Balaban J connectivity index is 3.13. The average molecular weight is 241 g/mol. The summed E-state index contributed by atoms with van der Waals surface area (Å²) in [6, 6.07) is 5.22. The highest BCUT2D eigenvalue weighted by atomic mass is 79.9. The van der Waals surface area contributed by atoms with Gasteiger partial charge in [-0.2, -0.15) is 0 Å². The summed E-state index contributed by atoms with van der Waals surface area (Å²) in [6.07, 6.45) is 1.68. The second kappa shape index (κ2) is 4.23. The first-order valence-corrected chi connectivity index (χ1v) is 4.48. The zero-order valence-corrected chi connectivity index (χ0v) is 8.80. The highest BCUT2D eigenvalue weighted by Crippen LogP contribution is 2.19. The molecule has 0 fully saturated rings. The molecule has 1 aromatic carbocycles. The molecule has 0 atom stereocenters. The Morgan fingerprint density at radius 2 is 2.31 bits per heavy atom. The van der Waals surface area contributed by atoms with Gasteiger partial charge < -0.3 is 4.74 Å². The Morgan fingerprint density at radius 3 is 2.85 bits per heavy atom. The lowest BCUT2D eigenvalue weighted by Gasteiger charge is -2.02. The molecular formula is C10H9BrO2. The number of hydrogen-bond acceptors (Lipinski definition) is 2. The SMILES string of the molecule is C=Cc1cc(C(=O)OC)ccc1Br. The summed E-state index contributed by atoms with van der Waals surface area (Å²) in [4.78, 5) is 11.1. The highest BCUT2D eigenvalue weighted by Gasteiger charge is 2.06. The molecule has 0 aliphatic heterocycles. The van der Waals surface area contributed by atoms with Gasteiger partial charge in [-0.05, 0) is 23.8 Å². The fourth-order valence-corrected chi connectivity index (χ4v) is 1.35. The van der Waals surface area contributed by atoms with Crippen LogP contribution in [0.15, 0.2) is 29.3 Å². The highest BCUT2D eigenvalue weighted by molar-refractivity contribution is 9.10. The molecule has 0 aromatic heterocycles. The second-order valence-electron chi connectivity index (χ2n) is 2.43. The van der Waals surface area contributed by atoms with Crippen molar-refractivity contribution < 1.29 is 9.53 Å². The zero-order chi connectivity index (χ0) is 9.84. The molecular weight excluding hydrogens is 232 g/mol. The van der Waals surface area contributed by atoms with Crippen LogP contribution in [0.25, 0.3) is 6.08 Å². The molecule has 0 saturated carbocycles. The molecule has 1 rings (SSSR count). The molecule has 0 bridgehead atoms. The molecule has 0 radical (unpaired) electrons. The van der Waals surface area contributed by atoms with Crippen molar-refractivity contribution in [2.45, 2.75) is 0 Å². The van der Waals surface area contributed by atoms with E-state index in [1.54, 1.807) is 24.3 Å². The summed E-state index contributed by atoms with van der Waals surface area (Å²) < 4.78 is 5.50. The van der Waals surface area contributed by atoms with Crippen molar-refractivity contribution in [3.63, 3.8) is 0 Å². The number of benzene rings is 1. The minimum atomic E-state index is -0.337. The van der Waals surface area contributed by atoms with E-state index in [-0.39, 0.29) is 5.97 Å². The van der Waals surface area contributed by atoms with Crippen molar-refractivity contribution >= 4 is 28.0 Å². The quantitative estimate of drug-likeness (QED) is 0.744. The molecule has 68 valence electrons. The van der Waals surface area contributed by atoms with Gasteiger partial charge in [-0.15, -0.1) is 0 Å². The second-order valence-corrected chi connectivity index (χ2v) is 3.29. The zero-order valence-electron chi connectivity index (χ0n) is 7.21.